The molecule has 0 radical (unpaired) electrons. The zero-order valence-electron chi connectivity index (χ0n) is 36.7. The first-order valence-electron chi connectivity index (χ1n) is 23.9. The van der Waals surface area contributed by atoms with Gasteiger partial charge in [-0.25, -0.2) is 0 Å². The molecule has 0 amide bonds. The van der Waals surface area contributed by atoms with Crippen molar-refractivity contribution in [2.45, 2.75) is 271 Å². The predicted octanol–water partition coefficient (Wildman–Crippen LogP) is 15.1. The topological polar surface area (TPSA) is 78.9 Å². The minimum Gasteiger partial charge on any atom is -0.462 e. The summed E-state index contributed by atoms with van der Waals surface area (Å²) < 4.78 is 16.7. The van der Waals surface area contributed by atoms with Crippen LogP contribution in [0.1, 0.15) is 265 Å². The molecule has 54 heavy (non-hydrogen) atoms. The third-order valence-electron chi connectivity index (χ3n) is 10.8. The molecule has 1 atom stereocenters. The summed E-state index contributed by atoms with van der Waals surface area (Å²) in [6.45, 7) is 8.99. The lowest BCUT2D eigenvalue weighted by molar-refractivity contribution is -0.167. The molecule has 6 heteroatoms. The number of hydrogen-bond acceptors (Lipinski definition) is 6. The SMILES string of the molecule is CCCCCCCCCCCCCCC(=O)OC[C@H](COC(=O)CCCCCCCCCCCCC(C)C)OC(=O)CCCCCCCCCCCCC. The molecule has 0 aromatic rings. The Balaban J connectivity index is 4.32. The van der Waals surface area contributed by atoms with Crippen LogP contribution in [0, 0.1) is 5.92 Å². The molecule has 0 bridgehead atoms. The molecule has 0 fully saturated rings. The maximum absolute atomic E-state index is 12.7. The van der Waals surface area contributed by atoms with Crippen molar-refractivity contribution in [1.82, 2.24) is 0 Å². The highest BCUT2D eigenvalue weighted by Gasteiger charge is 2.19. The van der Waals surface area contributed by atoms with Gasteiger partial charge >= 0.3 is 17.9 Å². The van der Waals surface area contributed by atoms with Gasteiger partial charge in [-0.2, -0.15) is 0 Å². The summed E-state index contributed by atoms with van der Waals surface area (Å²) in [6, 6.07) is 0. The van der Waals surface area contributed by atoms with Crippen LogP contribution in [-0.4, -0.2) is 37.2 Å². The van der Waals surface area contributed by atoms with Gasteiger partial charge in [0.1, 0.15) is 13.2 Å². The quantitative estimate of drug-likeness (QED) is 0.0349. The average Bonchev–Trinajstić information content (AvgIpc) is 3.15. The van der Waals surface area contributed by atoms with E-state index in [9.17, 15) is 14.4 Å². The summed E-state index contributed by atoms with van der Waals surface area (Å²) in [4.78, 5) is 37.8. The second kappa shape index (κ2) is 42.6. The second-order valence-electron chi connectivity index (χ2n) is 16.9. The van der Waals surface area contributed by atoms with Gasteiger partial charge < -0.3 is 14.2 Å². The summed E-state index contributed by atoms with van der Waals surface area (Å²) >= 11 is 0. The molecule has 0 aliphatic rings. The molecule has 0 aromatic carbocycles. The minimum absolute atomic E-state index is 0.0634. The van der Waals surface area contributed by atoms with E-state index in [0.717, 1.165) is 63.7 Å². The van der Waals surface area contributed by atoms with Crippen molar-refractivity contribution < 1.29 is 28.6 Å². The number of carbonyl (C=O) groups is 3. The van der Waals surface area contributed by atoms with Crippen molar-refractivity contribution in [3.05, 3.63) is 0 Å². The largest absolute Gasteiger partial charge is 0.462 e. The Kier molecular flexibility index (Phi) is 41.3. The molecule has 0 aliphatic heterocycles. The Hall–Kier alpha value is -1.59. The van der Waals surface area contributed by atoms with Crippen molar-refractivity contribution in [1.29, 1.82) is 0 Å². The molecule has 0 heterocycles. The second-order valence-corrected chi connectivity index (χ2v) is 16.9. The lowest BCUT2D eigenvalue weighted by Gasteiger charge is -2.18. The fraction of sp³-hybridized carbons (Fsp3) is 0.938. The van der Waals surface area contributed by atoms with Crippen molar-refractivity contribution in [3.63, 3.8) is 0 Å². The maximum atomic E-state index is 12.7. The van der Waals surface area contributed by atoms with Crippen molar-refractivity contribution in [2.24, 2.45) is 5.92 Å². The van der Waals surface area contributed by atoms with Crippen molar-refractivity contribution in [2.75, 3.05) is 13.2 Å². The first-order valence-corrected chi connectivity index (χ1v) is 23.9. The van der Waals surface area contributed by atoms with Crippen LogP contribution >= 0.6 is 0 Å². The van der Waals surface area contributed by atoms with E-state index in [2.05, 4.69) is 27.7 Å². The minimum atomic E-state index is -0.759. The van der Waals surface area contributed by atoms with E-state index in [1.54, 1.807) is 0 Å². The molecule has 0 unspecified atom stereocenters. The Labute approximate surface area is 336 Å². The normalized spacial score (nSPS) is 11.9. The molecule has 6 nitrogen and oxygen atoms in total. The standard InChI is InChI=1S/C48H92O6/c1-5-7-9-11-13-15-17-19-23-27-31-35-39-46(49)52-42-45(54-48(51)41-37-33-29-25-18-16-14-12-10-8-6-2)43-53-47(50)40-36-32-28-24-21-20-22-26-30-34-38-44(3)4/h44-45H,5-43H2,1-4H3/t45-/m1/s1. The van der Waals surface area contributed by atoms with Gasteiger partial charge in [-0.1, -0.05) is 227 Å². The van der Waals surface area contributed by atoms with E-state index in [-0.39, 0.29) is 31.1 Å². The van der Waals surface area contributed by atoms with Crippen LogP contribution in [0.4, 0.5) is 0 Å². The molecule has 0 spiro atoms. The Morgan fingerprint density at radius 1 is 0.352 bits per heavy atom. The van der Waals surface area contributed by atoms with Crippen LogP contribution in [0.15, 0.2) is 0 Å². The smallest absolute Gasteiger partial charge is 0.306 e. The molecule has 320 valence electrons. The summed E-state index contributed by atoms with van der Waals surface area (Å²) in [5.74, 6) is -0.0327. The van der Waals surface area contributed by atoms with E-state index in [1.165, 1.54) is 161 Å². The fourth-order valence-electron chi connectivity index (χ4n) is 7.16. The van der Waals surface area contributed by atoms with Gasteiger partial charge in [0.25, 0.3) is 0 Å². The van der Waals surface area contributed by atoms with Crippen molar-refractivity contribution >= 4 is 17.9 Å². The highest BCUT2D eigenvalue weighted by molar-refractivity contribution is 5.71. The molecular formula is C48H92O6. The molecule has 0 rings (SSSR count). The predicted molar refractivity (Wildman–Crippen MR) is 229 cm³/mol. The van der Waals surface area contributed by atoms with E-state index in [1.807, 2.05) is 0 Å². The first-order chi connectivity index (χ1) is 26.4. The third-order valence-corrected chi connectivity index (χ3v) is 10.8. The highest BCUT2D eigenvalue weighted by atomic mass is 16.6. The lowest BCUT2D eigenvalue weighted by atomic mass is 10.0. The first kappa shape index (κ1) is 52.4. The number of rotatable bonds is 43. The monoisotopic (exact) mass is 765 g/mol. The average molecular weight is 765 g/mol. The van der Waals surface area contributed by atoms with Gasteiger partial charge in [-0.3, -0.25) is 14.4 Å². The molecule has 0 saturated heterocycles. The number of hydrogen-bond donors (Lipinski definition) is 0. The van der Waals surface area contributed by atoms with E-state index in [0.29, 0.717) is 19.3 Å². The highest BCUT2D eigenvalue weighted by Crippen LogP contribution is 2.16. The van der Waals surface area contributed by atoms with Gasteiger partial charge in [0.05, 0.1) is 0 Å². The summed E-state index contributed by atoms with van der Waals surface area (Å²) in [7, 11) is 0. The molecular weight excluding hydrogens is 673 g/mol. The number of carbonyl (C=O) groups excluding carboxylic acids is 3. The van der Waals surface area contributed by atoms with Crippen LogP contribution < -0.4 is 0 Å². The Morgan fingerprint density at radius 2 is 0.611 bits per heavy atom. The van der Waals surface area contributed by atoms with E-state index >= 15 is 0 Å². The number of unbranched alkanes of at least 4 members (excludes halogenated alkanes) is 30. The summed E-state index contributed by atoms with van der Waals surface area (Å²) in [6.07, 6.45) is 42.2. The fourth-order valence-corrected chi connectivity index (χ4v) is 7.16. The maximum Gasteiger partial charge on any atom is 0.306 e. The van der Waals surface area contributed by atoms with Gasteiger partial charge in [0.15, 0.2) is 6.10 Å². The molecule has 0 aliphatic carbocycles. The van der Waals surface area contributed by atoms with Gasteiger partial charge in [-0.05, 0) is 25.2 Å². The third kappa shape index (κ3) is 41.6. The Bertz CT molecular complexity index is 811. The number of ether oxygens (including phenoxy) is 3. The molecule has 0 aromatic heterocycles. The zero-order chi connectivity index (χ0) is 39.6. The zero-order valence-corrected chi connectivity index (χ0v) is 36.7. The van der Waals surface area contributed by atoms with Crippen LogP contribution in [0.3, 0.4) is 0 Å². The molecule has 0 N–H and O–H groups in total. The van der Waals surface area contributed by atoms with Crippen molar-refractivity contribution in [3.8, 4) is 0 Å². The Morgan fingerprint density at radius 3 is 0.907 bits per heavy atom. The summed E-state index contributed by atoms with van der Waals surface area (Å²) in [5.41, 5.74) is 0. The van der Waals surface area contributed by atoms with Crippen LogP contribution in [0.25, 0.3) is 0 Å². The van der Waals surface area contributed by atoms with E-state index in [4.69, 9.17) is 14.2 Å². The van der Waals surface area contributed by atoms with E-state index < -0.39 is 6.10 Å². The van der Waals surface area contributed by atoms with Crippen LogP contribution in [-0.2, 0) is 28.6 Å². The van der Waals surface area contributed by atoms with Gasteiger partial charge in [0, 0.05) is 19.3 Å². The number of esters is 3. The van der Waals surface area contributed by atoms with Crippen LogP contribution in [0.2, 0.25) is 0 Å². The van der Waals surface area contributed by atoms with Gasteiger partial charge in [-0.15, -0.1) is 0 Å². The van der Waals surface area contributed by atoms with Crippen LogP contribution in [0.5, 0.6) is 0 Å². The molecule has 0 saturated carbocycles. The summed E-state index contributed by atoms with van der Waals surface area (Å²) in [5, 5.41) is 0. The van der Waals surface area contributed by atoms with Gasteiger partial charge in [0.2, 0.25) is 0 Å². The lowest BCUT2D eigenvalue weighted by Crippen LogP contribution is -2.30.